The van der Waals surface area contributed by atoms with Crippen LogP contribution >= 0.6 is 0 Å². The van der Waals surface area contributed by atoms with Crippen LogP contribution in [-0.4, -0.2) is 28.1 Å². The van der Waals surface area contributed by atoms with Crippen molar-refractivity contribution in [1.82, 2.24) is 4.98 Å². The average Bonchev–Trinajstić information content (AvgIpc) is 2.57. The maximum absolute atomic E-state index is 11.2. The van der Waals surface area contributed by atoms with E-state index in [1.165, 1.54) is 6.20 Å². The highest BCUT2D eigenvalue weighted by Crippen LogP contribution is 2.35. The van der Waals surface area contributed by atoms with E-state index in [2.05, 4.69) is 23.7 Å². The van der Waals surface area contributed by atoms with Crippen molar-refractivity contribution in [2.45, 2.75) is 39.2 Å². The van der Waals surface area contributed by atoms with Crippen molar-refractivity contribution >= 4 is 11.7 Å². The van der Waals surface area contributed by atoms with E-state index in [0.29, 0.717) is 5.56 Å². The number of carbonyl (C=O) groups is 1. The van der Waals surface area contributed by atoms with Gasteiger partial charge in [-0.15, -0.1) is 0 Å². The molecule has 1 aromatic heterocycles. The predicted octanol–water partition coefficient (Wildman–Crippen LogP) is 2.47. The summed E-state index contributed by atoms with van der Waals surface area (Å²) in [6.07, 6.45) is 3.66. The molecule has 1 aliphatic rings. The summed E-state index contributed by atoms with van der Waals surface area (Å²) in [6.45, 7) is 7.11. The number of carboxylic acids is 1. The Hall–Kier alpha value is -1.58. The highest BCUT2D eigenvalue weighted by molar-refractivity contribution is 5.94. The van der Waals surface area contributed by atoms with Crippen molar-refractivity contribution in [2.24, 2.45) is 0 Å². The molecule has 4 nitrogen and oxygen atoms in total. The monoisotopic (exact) mass is 234 g/mol. The number of aromatic carboxylic acids is 1. The summed E-state index contributed by atoms with van der Waals surface area (Å²) in [4.78, 5) is 17.5. The number of hydrogen-bond donors (Lipinski definition) is 1. The van der Waals surface area contributed by atoms with E-state index < -0.39 is 5.97 Å². The summed E-state index contributed by atoms with van der Waals surface area (Å²) >= 11 is 0. The van der Waals surface area contributed by atoms with Gasteiger partial charge >= 0.3 is 5.97 Å². The van der Waals surface area contributed by atoms with Gasteiger partial charge in [0.15, 0.2) is 0 Å². The van der Waals surface area contributed by atoms with E-state index in [1.54, 1.807) is 0 Å². The molecule has 1 fully saturated rings. The Morgan fingerprint density at radius 3 is 2.76 bits per heavy atom. The third kappa shape index (κ3) is 2.12. The molecule has 0 radical (unpaired) electrons. The lowest BCUT2D eigenvalue weighted by Gasteiger charge is -2.34. The minimum atomic E-state index is -0.907. The molecule has 2 rings (SSSR count). The molecule has 4 heteroatoms. The second-order valence-electron chi connectivity index (χ2n) is 5.22. The molecule has 1 N–H and O–H groups in total. The fraction of sp³-hybridized carbons (Fsp3) is 0.538. The van der Waals surface area contributed by atoms with Gasteiger partial charge in [0.1, 0.15) is 5.56 Å². The molecule has 0 saturated carbocycles. The van der Waals surface area contributed by atoms with Gasteiger partial charge in [-0.3, -0.25) is 4.98 Å². The highest BCUT2D eigenvalue weighted by Gasteiger charge is 2.34. The van der Waals surface area contributed by atoms with Gasteiger partial charge < -0.3 is 10.0 Å². The van der Waals surface area contributed by atoms with Crippen molar-refractivity contribution in [3.8, 4) is 0 Å². The molecule has 0 aromatic carbocycles. The van der Waals surface area contributed by atoms with Gasteiger partial charge in [0.05, 0.1) is 5.69 Å². The zero-order valence-electron chi connectivity index (χ0n) is 10.5. The van der Waals surface area contributed by atoms with Crippen LogP contribution in [0.15, 0.2) is 12.3 Å². The van der Waals surface area contributed by atoms with Crippen LogP contribution in [0.25, 0.3) is 0 Å². The second kappa shape index (κ2) is 4.02. The topological polar surface area (TPSA) is 53.4 Å². The number of pyridine rings is 1. The maximum Gasteiger partial charge on any atom is 0.339 e. The molecule has 17 heavy (non-hydrogen) atoms. The van der Waals surface area contributed by atoms with Gasteiger partial charge in [-0.2, -0.15) is 0 Å². The van der Waals surface area contributed by atoms with Crippen LogP contribution in [0.3, 0.4) is 0 Å². The molecule has 2 heterocycles. The SMILES string of the molecule is Cc1cc(N2CCCC2(C)C)c(C(=O)O)cn1. The van der Waals surface area contributed by atoms with Gasteiger partial charge in [0.25, 0.3) is 0 Å². The zero-order valence-corrected chi connectivity index (χ0v) is 10.5. The van der Waals surface area contributed by atoms with Crippen molar-refractivity contribution in [3.05, 3.63) is 23.5 Å². The lowest BCUT2D eigenvalue weighted by atomic mass is 10.0. The van der Waals surface area contributed by atoms with Gasteiger partial charge in [-0.05, 0) is 39.7 Å². The van der Waals surface area contributed by atoms with Gasteiger partial charge in [0.2, 0.25) is 0 Å². The largest absolute Gasteiger partial charge is 0.478 e. The van der Waals surface area contributed by atoms with E-state index in [4.69, 9.17) is 0 Å². The first-order chi connectivity index (χ1) is 7.92. The Balaban J connectivity index is 2.50. The van der Waals surface area contributed by atoms with E-state index >= 15 is 0 Å². The Kier molecular flexibility index (Phi) is 2.81. The van der Waals surface area contributed by atoms with Crippen LogP contribution < -0.4 is 4.90 Å². The molecule has 1 aromatic rings. The molecular formula is C13H18N2O2. The summed E-state index contributed by atoms with van der Waals surface area (Å²) in [5, 5.41) is 9.22. The average molecular weight is 234 g/mol. The fourth-order valence-electron chi connectivity index (χ4n) is 2.49. The van der Waals surface area contributed by atoms with Crippen LogP contribution in [0.5, 0.6) is 0 Å². The lowest BCUT2D eigenvalue weighted by Crippen LogP contribution is -2.39. The molecule has 1 aliphatic heterocycles. The van der Waals surface area contributed by atoms with Crippen LogP contribution in [0.4, 0.5) is 5.69 Å². The van der Waals surface area contributed by atoms with Crippen LogP contribution in [0.1, 0.15) is 42.7 Å². The predicted molar refractivity (Wildman–Crippen MR) is 66.6 cm³/mol. The summed E-state index contributed by atoms with van der Waals surface area (Å²) in [6, 6.07) is 1.87. The number of hydrogen-bond acceptors (Lipinski definition) is 3. The normalized spacial score (nSPS) is 18.4. The molecule has 0 unspecified atom stereocenters. The van der Waals surface area contributed by atoms with Crippen LogP contribution in [0, 0.1) is 6.92 Å². The molecular weight excluding hydrogens is 216 g/mol. The number of anilines is 1. The summed E-state index contributed by atoms with van der Waals surface area (Å²) in [5.74, 6) is -0.907. The minimum Gasteiger partial charge on any atom is -0.478 e. The fourth-order valence-corrected chi connectivity index (χ4v) is 2.49. The van der Waals surface area contributed by atoms with Gasteiger partial charge in [-0.1, -0.05) is 0 Å². The number of rotatable bonds is 2. The molecule has 0 amide bonds. The zero-order chi connectivity index (χ0) is 12.6. The van der Waals surface area contributed by atoms with E-state index in [9.17, 15) is 9.90 Å². The van der Waals surface area contributed by atoms with Gasteiger partial charge in [0, 0.05) is 24.0 Å². The molecule has 0 atom stereocenters. The highest BCUT2D eigenvalue weighted by atomic mass is 16.4. The minimum absolute atomic E-state index is 0.0258. The van der Waals surface area contributed by atoms with Crippen LogP contribution in [0.2, 0.25) is 0 Å². The number of aromatic nitrogens is 1. The van der Waals surface area contributed by atoms with Crippen molar-refractivity contribution in [1.29, 1.82) is 0 Å². The quantitative estimate of drug-likeness (QED) is 0.854. The Morgan fingerprint density at radius 1 is 1.53 bits per heavy atom. The number of nitrogens with zero attached hydrogens (tertiary/aromatic N) is 2. The van der Waals surface area contributed by atoms with Crippen molar-refractivity contribution < 1.29 is 9.90 Å². The third-order valence-electron chi connectivity index (χ3n) is 3.44. The first-order valence-corrected chi connectivity index (χ1v) is 5.89. The Bertz CT molecular complexity index is 455. The standard InChI is InChI=1S/C13H18N2O2/c1-9-7-11(10(8-14-9)12(16)17)15-6-4-5-13(15,2)3/h7-8H,4-6H2,1-3H3,(H,16,17). The van der Waals surface area contributed by atoms with Gasteiger partial charge in [-0.25, -0.2) is 4.79 Å². The summed E-state index contributed by atoms with van der Waals surface area (Å²) in [7, 11) is 0. The Morgan fingerprint density at radius 2 is 2.24 bits per heavy atom. The van der Waals surface area contributed by atoms with E-state index in [1.807, 2.05) is 13.0 Å². The molecule has 1 saturated heterocycles. The third-order valence-corrected chi connectivity index (χ3v) is 3.44. The number of aryl methyl sites for hydroxylation is 1. The van der Waals surface area contributed by atoms with E-state index in [0.717, 1.165) is 30.8 Å². The van der Waals surface area contributed by atoms with E-state index in [-0.39, 0.29) is 5.54 Å². The molecule has 92 valence electrons. The first kappa shape index (κ1) is 11.9. The second-order valence-corrected chi connectivity index (χ2v) is 5.22. The lowest BCUT2D eigenvalue weighted by molar-refractivity contribution is 0.0697. The first-order valence-electron chi connectivity index (χ1n) is 5.89. The summed E-state index contributed by atoms with van der Waals surface area (Å²) in [5.41, 5.74) is 1.98. The maximum atomic E-state index is 11.2. The molecule has 0 bridgehead atoms. The smallest absolute Gasteiger partial charge is 0.339 e. The molecule has 0 spiro atoms. The Labute approximate surface area is 101 Å². The van der Waals surface area contributed by atoms with Crippen molar-refractivity contribution in [2.75, 3.05) is 11.4 Å². The van der Waals surface area contributed by atoms with Crippen LogP contribution in [-0.2, 0) is 0 Å². The van der Waals surface area contributed by atoms with Crippen molar-refractivity contribution in [3.63, 3.8) is 0 Å². The molecule has 0 aliphatic carbocycles. The number of carboxylic acid groups (broad SMARTS) is 1. The summed E-state index contributed by atoms with van der Waals surface area (Å²) < 4.78 is 0.